The molecule has 50 heavy (non-hydrogen) atoms. The van der Waals surface area contributed by atoms with Gasteiger partial charge < -0.3 is 20.3 Å². The Morgan fingerprint density at radius 1 is 0.600 bits per heavy atom. The van der Waals surface area contributed by atoms with Gasteiger partial charge in [-0.2, -0.15) is 0 Å². The average Bonchev–Trinajstić information content (AvgIpc) is 3.10. The summed E-state index contributed by atoms with van der Waals surface area (Å²) in [6.45, 7) is 6.30. The number of carbonyl (C=O) groups is 2. The molecule has 6 nitrogen and oxygen atoms in total. The fourth-order valence-electron chi connectivity index (χ4n) is 6.27. The maximum absolute atomic E-state index is 13.0. The first-order valence-electron chi connectivity index (χ1n) is 21.2. The number of allylic oxidation sites excluding steroid dienone is 6. The molecular weight excluding hydrogens is 622 g/mol. The number of hydrogen-bond donors (Lipinski definition) is 3. The summed E-state index contributed by atoms with van der Waals surface area (Å²) in [5.41, 5.74) is 0. The van der Waals surface area contributed by atoms with Crippen LogP contribution in [0.1, 0.15) is 207 Å². The number of unbranched alkanes of at least 4 members (excludes halogenated alkanes) is 19. The van der Waals surface area contributed by atoms with Crippen LogP contribution in [0.5, 0.6) is 0 Å². The van der Waals surface area contributed by atoms with Crippen LogP contribution in [0.4, 0.5) is 0 Å². The van der Waals surface area contributed by atoms with Gasteiger partial charge in [-0.1, -0.05) is 173 Å². The summed E-state index contributed by atoms with van der Waals surface area (Å²) in [5, 5.41) is 23.5. The summed E-state index contributed by atoms with van der Waals surface area (Å²) < 4.78 is 5.86. The van der Waals surface area contributed by atoms with Crippen molar-refractivity contribution in [1.82, 2.24) is 5.32 Å². The lowest BCUT2D eigenvalue weighted by molar-refractivity contribution is -0.151. The summed E-state index contributed by atoms with van der Waals surface area (Å²) >= 11 is 0. The molecule has 0 rings (SSSR count). The second kappa shape index (κ2) is 38.3. The monoisotopic (exact) mass is 704 g/mol. The highest BCUT2D eigenvalue weighted by molar-refractivity contribution is 5.77. The predicted molar refractivity (Wildman–Crippen MR) is 213 cm³/mol. The van der Waals surface area contributed by atoms with Crippen LogP contribution < -0.4 is 5.32 Å². The molecule has 0 aliphatic heterocycles. The van der Waals surface area contributed by atoms with Gasteiger partial charge in [0.25, 0.3) is 0 Å². The third-order valence-corrected chi connectivity index (χ3v) is 9.48. The largest absolute Gasteiger partial charge is 0.462 e. The molecule has 0 radical (unpaired) electrons. The molecule has 1 amide bonds. The number of rotatable bonds is 37. The first kappa shape index (κ1) is 48.1. The van der Waals surface area contributed by atoms with E-state index < -0.39 is 18.2 Å². The van der Waals surface area contributed by atoms with E-state index in [1.165, 1.54) is 70.6 Å². The van der Waals surface area contributed by atoms with Gasteiger partial charge >= 0.3 is 5.97 Å². The Balaban J connectivity index is 4.56. The van der Waals surface area contributed by atoms with Crippen LogP contribution in [0.3, 0.4) is 0 Å². The third-order valence-electron chi connectivity index (χ3n) is 9.48. The van der Waals surface area contributed by atoms with Crippen LogP contribution in [0.2, 0.25) is 0 Å². The summed E-state index contributed by atoms with van der Waals surface area (Å²) in [7, 11) is 0. The standard InChI is InChI=1S/C44H81NO5/c1-4-7-10-13-16-19-20-21-22-23-25-28-31-34-37-44(49)50-40(35-32-29-26-18-15-12-9-6-3)38-43(48)45-41(39-46)42(47)36-33-30-27-24-17-14-11-8-5-2/h7,10,16,19,21-22,40-42,46-47H,4-6,8-9,11-15,17-18,20,23-39H2,1-3H3,(H,45,48)/b10-7+,19-16+,22-21+. The second-order valence-electron chi connectivity index (χ2n) is 14.4. The molecule has 0 aliphatic rings. The van der Waals surface area contributed by atoms with E-state index in [1.54, 1.807) is 0 Å². The van der Waals surface area contributed by atoms with Gasteiger partial charge in [0.15, 0.2) is 0 Å². The first-order chi connectivity index (χ1) is 24.5. The zero-order valence-corrected chi connectivity index (χ0v) is 33.0. The van der Waals surface area contributed by atoms with Crippen molar-refractivity contribution in [2.45, 2.75) is 225 Å². The number of carbonyl (C=O) groups excluding carboxylic acids is 2. The summed E-state index contributed by atoms with van der Waals surface area (Å²) in [4.78, 5) is 25.8. The van der Waals surface area contributed by atoms with E-state index >= 15 is 0 Å². The van der Waals surface area contributed by atoms with Gasteiger partial charge in [-0.25, -0.2) is 0 Å². The minimum absolute atomic E-state index is 0.0699. The molecule has 0 bridgehead atoms. The van der Waals surface area contributed by atoms with E-state index in [0.29, 0.717) is 19.3 Å². The van der Waals surface area contributed by atoms with Crippen LogP contribution in [0, 0.1) is 0 Å². The van der Waals surface area contributed by atoms with E-state index in [4.69, 9.17) is 4.74 Å². The number of aliphatic hydroxyl groups is 2. The molecule has 0 saturated carbocycles. The van der Waals surface area contributed by atoms with Crippen LogP contribution in [-0.2, 0) is 14.3 Å². The molecule has 3 unspecified atom stereocenters. The maximum atomic E-state index is 13.0. The molecule has 0 aromatic carbocycles. The average molecular weight is 704 g/mol. The zero-order valence-electron chi connectivity index (χ0n) is 33.0. The highest BCUT2D eigenvalue weighted by Gasteiger charge is 2.24. The molecule has 0 fully saturated rings. The maximum Gasteiger partial charge on any atom is 0.306 e. The van der Waals surface area contributed by atoms with E-state index in [9.17, 15) is 19.8 Å². The Hall–Kier alpha value is -1.92. The first-order valence-corrected chi connectivity index (χ1v) is 21.2. The lowest BCUT2D eigenvalue weighted by Gasteiger charge is -2.24. The minimum atomic E-state index is -0.785. The molecule has 3 atom stereocenters. The fourth-order valence-corrected chi connectivity index (χ4v) is 6.27. The lowest BCUT2D eigenvalue weighted by atomic mass is 10.0. The number of hydrogen-bond acceptors (Lipinski definition) is 5. The molecule has 292 valence electrons. The van der Waals surface area contributed by atoms with Crippen molar-refractivity contribution < 1.29 is 24.5 Å². The number of esters is 1. The van der Waals surface area contributed by atoms with Gasteiger partial charge in [0.2, 0.25) is 5.91 Å². The number of amides is 1. The Kier molecular flexibility index (Phi) is 36.8. The van der Waals surface area contributed by atoms with Gasteiger partial charge in [0.05, 0.1) is 25.2 Å². The SMILES string of the molecule is CC/C=C/C/C=C/C/C=C/CCCCCCC(=O)OC(CCCCCCCCCC)CC(=O)NC(CO)C(O)CCCCCCCCCCC. The van der Waals surface area contributed by atoms with Gasteiger partial charge in [0.1, 0.15) is 6.10 Å². The van der Waals surface area contributed by atoms with Crippen LogP contribution in [0.15, 0.2) is 36.5 Å². The van der Waals surface area contributed by atoms with Crippen molar-refractivity contribution in [2.75, 3.05) is 6.61 Å². The van der Waals surface area contributed by atoms with E-state index in [-0.39, 0.29) is 24.9 Å². The van der Waals surface area contributed by atoms with Crippen LogP contribution in [-0.4, -0.2) is 46.9 Å². The molecule has 0 saturated heterocycles. The molecule has 6 heteroatoms. The van der Waals surface area contributed by atoms with Gasteiger partial charge in [-0.05, 0) is 57.8 Å². The van der Waals surface area contributed by atoms with Gasteiger partial charge in [0, 0.05) is 6.42 Å². The van der Waals surface area contributed by atoms with Crippen molar-refractivity contribution in [1.29, 1.82) is 0 Å². The van der Waals surface area contributed by atoms with Gasteiger partial charge in [-0.3, -0.25) is 9.59 Å². The van der Waals surface area contributed by atoms with Crippen molar-refractivity contribution in [3.8, 4) is 0 Å². The van der Waals surface area contributed by atoms with Crippen LogP contribution in [0.25, 0.3) is 0 Å². The Morgan fingerprint density at radius 3 is 1.64 bits per heavy atom. The Labute approximate surface area is 309 Å². The topological polar surface area (TPSA) is 95.9 Å². The second-order valence-corrected chi connectivity index (χ2v) is 14.4. The number of nitrogens with one attached hydrogen (secondary N) is 1. The molecule has 3 N–H and O–H groups in total. The summed E-state index contributed by atoms with van der Waals surface area (Å²) in [6.07, 6.45) is 42.1. The Bertz CT molecular complexity index is 838. The quantitative estimate of drug-likeness (QED) is 0.0340. The van der Waals surface area contributed by atoms with Crippen molar-refractivity contribution in [2.24, 2.45) is 0 Å². The predicted octanol–water partition coefficient (Wildman–Crippen LogP) is 11.8. The highest BCUT2D eigenvalue weighted by atomic mass is 16.5. The summed E-state index contributed by atoms with van der Waals surface area (Å²) in [5.74, 6) is -0.503. The Morgan fingerprint density at radius 2 is 1.08 bits per heavy atom. The lowest BCUT2D eigenvalue weighted by Crippen LogP contribution is -2.46. The smallest absolute Gasteiger partial charge is 0.306 e. The van der Waals surface area contributed by atoms with E-state index in [1.807, 2.05) is 0 Å². The molecule has 0 aromatic rings. The zero-order chi connectivity index (χ0) is 36.8. The third kappa shape index (κ3) is 33.2. The molecule has 0 spiro atoms. The fraction of sp³-hybridized carbons (Fsp3) is 0.818. The number of ether oxygens (including phenoxy) is 1. The molecule has 0 aliphatic carbocycles. The number of aliphatic hydroxyl groups excluding tert-OH is 2. The highest BCUT2D eigenvalue weighted by Crippen LogP contribution is 2.17. The minimum Gasteiger partial charge on any atom is -0.462 e. The van der Waals surface area contributed by atoms with Crippen molar-refractivity contribution >= 4 is 11.9 Å². The van der Waals surface area contributed by atoms with Gasteiger partial charge in [-0.15, -0.1) is 0 Å². The van der Waals surface area contributed by atoms with E-state index in [0.717, 1.165) is 89.9 Å². The van der Waals surface area contributed by atoms with Crippen LogP contribution >= 0.6 is 0 Å². The summed E-state index contributed by atoms with van der Waals surface area (Å²) in [6, 6.07) is -0.699. The molecule has 0 heterocycles. The van der Waals surface area contributed by atoms with Crippen molar-refractivity contribution in [3.63, 3.8) is 0 Å². The van der Waals surface area contributed by atoms with Crippen molar-refractivity contribution in [3.05, 3.63) is 36.5 Å². The van der Waals surface area contributed by atoms with E-state index in [2.05, 4.69) is 62.5 Å². The normalized spacial score (nSPS) is 13.8. The molecular formula is C44H81NO5. The molecule has 0 aromatic heterocycles.